The van der Waals surface area contributed by atoms with Crippen molar-refractivity contribution in [3.8, 4) is 0 Å². The lowest BCUT2D eigenvalue weighted by Gasteiger charge is -2.10. The molecule has 6 heteroatoms. The summed E-state index contributed by atoms with van der Waals surface area (Å²) in [4.78, 5) is 4.07. The van der Waals surface area contributed by atoms with Crippen molar-refractivity contribution in [1.82, 2.24) is 4.98 Å². The first kappa shape index (κ1) is 14.8. The van der Waals surface area contributed by atoms with Gasteiger partial charge in [-0.05, 0) is 24.5 Å². The van der Waals surface area contributed by atoms with Crippen molar-refractivity contribution < 1.29 is 8.42 Å². The van der Waals surface area contributed by atoms with Gasteiger partial charge in [0, 0.05) is 6.54 Å². The molecule has 18 heavy (non-hydrogen) atoms. The molecule has 0 radical (unpaired) electrons. The van der Waals surface area contributed by atoms with Gasteiger partial charge in [0.2, 0.25) is 10.0 Å². The summed E-state index contributed by atoms with van der Waals surface area (Å²) < 4.78 is 25.5. The van der Waals surface area contributed by atoms with E-state index in [1.807, 2.05) is 13.0 Å². The van der Waals surface area contributed by atoms with E-state index in [9.17, 15) is 8.42 Å². The molecule has 102 valence electrons. The third-order valence-corrected chi connectivity index (χ3v) is 3.68. The fourth-order valence-corrected chi connectivity index (χ4v) is 2.44. The Bertz CT molecular complexity index is 455. The van der Waals surface area contributed by atoms with Crippen LogP contribution >= 0.6 is 0 Å². The van der Waals surface area contributed by atoms with Gasteiger partial charge in [-0.1, -0.05) is 20.8 Å². The Morgan fingerprint density at radius 3 is 2.56 bits per heavy atom. The number of hydrogen-bond donors (Lipinski definition) is 2. The molecule has 0 aliphatic rings. The van der Waals surface area contributed by atoms with Crippen molar-refractivity contribution in [2.75, 3.05) is 22.3 Å². The first-order chi connectivity index (χ1) is 8.43. The van der Waals surface area contributed by atoms with E-state index in [0.717, 1.165) is 12.2 Å². The normalized spacial score (nSPS) is 11.6. The Hall–Kier alpha value is -1.30. The van der Waals surface area contributed by atoms with E-state index >= 15 is 0 Å². The minimum atomic E-state index is -3.26. The molecule has 0 aromatic carbocycles. The van der Waals surface area contributed by atoms with E-state index in [1.165, 1.54) is 0 Å². The van der Waals surface area contributed by atoms with Crippen LogP contribution in [-0.2, 0) is 10.0 Å². The van der Waals surface area contributed by atoms with Gasteiger partial charge in [-0.3, -0.25) is 4.72 Å². The van der Waals surface area contributed by atoms with E-state index < -0.39 is 10.0 Å². The van der Waals surface area contributed by atoms with Crippen LogP contribution in [0.25, 0.3) is 0 Å². The molecule has 1 heterocycles. The molecule has 5 nitrogen and oxygen atoms in total. The monoisotopic (exact) mass is 271 g/mol. The van der Waals surface area contributed by atoms with Crippen LogP contribution in [-0.4, -0.2) is 25.7 Å². The van der Waals surface area contributed by atoms with Crippen molar-refractivity contribution >= 4 is 21.5 Å². The van der Waals surface area contributed by atoms with Gasteiger partial charge < -0.3 is 5.32 Å². The molecule has 0 fully saturated rings. The number of rotatable bonds is 7. The van der Waals surface area contributed by atoms with Gasteiger partial charge in [-0.15, -0.1) is 0 Å². The first-order valence-corrected chi connectivity index (χ1v) is 7.78. The molecular weight excluding hydrogens is 250 g/mol. The number of anilines is 2. The number of aromatic nitrogens is 1. The zero-order valence-corrected chi connectivity index (χ0v) is 11.9. The summed E-state index contributed by atoms with van der Waals surface area (Å²) >= 11 is 0. The minimum Gasteiger partial charge on any atom is -0.384 e. The van der Waals surface area contributed by atoms with Gasteiger partial charge in [-0.25, -0.2) is 13.4 Å². The Labute approximate surface area is 109 Å². The van der Waals surface area contributed by atoms with Crippen molar-refractivity contribution in [2.24, 2.45) is 5.92 Å². The third kappa shape index (κ3) is 5.35. The van der Waals surface area contributed by atoms with Gasteiger partial charge >= 0.3 is 0 Å². The maximum atomic E-state index is 11.5. The summed E-state index contributed by atoms with van der Waals surface area (Å²) in [5.74, 6) is 1.02. The van der Waals surface area contributed by atoms with Crippen LogP contribution in [0.4, 0.5) is 11.5 Å². The van der Waals surface area contributed by atoms with Crippen LogP contribution in [0.15, 0.2) is 18.3 Å². The Morgan fingerprint density at radius 2 is 2.06 bits per heavy atom. The molecule has 0 bridgehead atoms. The quantitative estimate of drug-likeness (QED) is 0.798. The zero-order valence-electron chi connectivity index (χ0n) is 11.1. The second-order valence-corrected chi connectivity index (χ2v) is 6.47. The van der Waals surface area contributed by atoms with Crippen LogP contribution in [0, 0.1) is 5.92 Å². The van der Waals surface area contributed by atoms with E-state index in [1.54, 1.807) is 12.3 Å². The lowest BCUT2D eigenvalue weighted by Crippen LogP contribution is -2.17. The molecule has 0 aliphatic heterocycles. The predicted molar refractivity (Wildman–Crippen MR) is 75.3 cm³/mol. The van der Waals surface area contributed by atoms with Crippen molar-refractivity contribution in [3.63, 3.8) is 0 Å². The SMILES string of the molecule is CCCS(=O)(=O)Nc1ccc(NCC(C)C)cn1. The highest BCUT2D eigenvalue weighted by atomic mass is 32.2. The molecule has 0 amide bonds. The fourth-order valence-electron chi connectivity index (χ4n) is 1.36. The van der Waals surface area contributed by atoms with Crippen molar-refractivity contribution in [1.29, 1.82) is 0 Å². The Balaban J connectivity index is 2.60. The maximum Gasteiger partial charge on any atom is 0.233 e. The molecule has 0 saturated carbocycles. The summed E-state index contributed by atoms with van der Waals surface area (Å²) in [6.07, 6.45) is 2.22. The molecule has 2 N–H and O–H groups in total. The van der Waals surface area contributed by atoms with E-state index in [4.69, 9.17) is 0 Å². The average Bonchev–Trinajstić information content (AvgIpc) is 2.27. The molecular formula is C12H21N3O2S. The van der Waals surface area contributed by atoms with Crippen molar-refractivity contribution in [2.45, 2.75) is 27.2 Å². The first-order valence-electron chi connectivity index (χ1n) is 6.13. The van der Waals surface area contributed by atoms with Gasteiger partial charge in [-0.2, -0.15) is 0 Å². The second-order valence-electron chi connectivity index (χ2n) is 4.63. The van der Waals surface area contributed by atoms with Crippen LogP contribution < -0.4 is 10.0 Å². The largest absolute Gasteiger partial charge is 0.384 e. The van der Waals surface area contributed by atoms with Crippen LogP contribution in [0.1, 0.15) is 27.2 Å². The Morgan fingerprint density at radius 1 is 1.33 bits per heavy atom. The summed E-state index contributed by atoms with van der Waals surface area (Å²) in [5, 5.41) is 3.22. The summed E-state index contributed by atoms with van der Waals surface area (Å²) in [6, 6.07) is 3.48. The molecule has 0 unspecified atom stereocenters. The van der Waals surface area contributed by atoms with E-state index in [2.05, 4.69) is 28.9 Å². The molecule has 1 rings (SSSR count). The van der Waals surface area contributed by atoms with Crippen LogP contribution in [0.5, 0.6) is 0 Å². The number of sulfonamides is 1. The van der Waals surface area contributed by atoms with Gasteiger partial charge in [0.05, 0.1) is 17.6 Å². The number of nitrogens with zero attached hydrogens (tertiary/aromatic N) is 1. The molecule has 1 aromatic rings. The van der Waals surface area contributed by atoms with Crippen LogP contribution in [0.3, 0.4) is 0 Å². The second kappa shape index (κ2) is 6.58. The molecule has 0 saturated heterocycles. The summed E-state index contributed by atoms with van der Waals surface area (Å²) in [7, 11) is -3.26. The lowest BCUT2D eigenvalue weighted by molar-refractivity contribution is 0.599. The van der Waals surface area contributed by atoms with Gasteiger partial charge in [0.25, 0.3) is 0 Å². The molecule has 0 spiro atoms. The topological polar surface area (TPSA) is 71.1 Å². The van der Waals surface area contributed by atoms with Gasteiger partial charge in [0.15, 0.2) is 0 Å². The highest BCUT2D eigenvalue weighted by molar-refractivity contribution is 7.92. The summed E-state index contributed by atoms with van der Waals surface area (Å²) in [5.41, 5.74) is 0.891. The van der Waals surface area contributed by atoms with Crippen LogP contribution in [0.2, 0.25) is 0 Å². The highest BCUT2D eigenvalue weighted by Crippen LogP contribution is 2.11. The van der Waals surface area contributed by atoms with Crippen molar-refractivity contribution in [3.05, 3.63) is 18.3 Å². The standard InChI is InChI=1S/C12H21N3O2S/c1-4-7-18(16,17)15-12-6-5-11(9-14-12)13-8-10(2)3/h5-6,9-10,13H,4,7-8H2,1-3H3,(H,14,15). The number of nitrogens with one attached hydrogen (secondary N) is 2. The number of hydrogen-bond acceptors (Lipinski definition) is 4. The van der Waals surface area contributed by atoms with E-state index in [0.29, 0.717) is 18.2 Å². The molecule has 1 aromatic heterocycles. The maximum absolute atomic E-state index is 11.5. The minimum absolute atomic E-state index is 0.113. The smallest absolute Gasteiger partial charge is 0.233 e. The molecule has 0 aliphatic carbocycles. The zero-order chi connectivity index (χ0) is 13.6. The fraction of sp³-hybridized carbons (Fsp3) is 0.583. The van der Waals surface area contributed by atoms with Gasteiger partial charge in [0.1, 0.15) is 5.82 Å². The molecule has 0 atom stereocenters. The summed E-state index contributed by atoms with van der Waals surface area (Å²) in [6.45, 7) is 6.93. The lowest BCUT2D eigenvalue weighted by atomic mass is 10.2. The predicted octanol–water partition coefficient (Wildman–Crippen LogP) is 2.30. The third-order valence-electron chi connectivity index (χ3n) is 2.21. The number of pyridine rings is 1. The van der Waals surface area contributed by atoms with E-state index in [-0.39, 0.29) is 5.75 Å². The Kier molecular flexibility index (Phi) is 5.40. The average molecular weight is 271 g/mol. The highest BCUT2D eigenvalue weighted by Gasteiger charge is 2.09.